The molecule has 1 aliphatic rings. The van der Waals surface area contributed by atoms with Crippen LogP contribution in [0.4, 0.5) is 17.2 Å². The average molecular weight is 388 g/mol. The van der Waals surface area contributed by atoms with Gasteiger partial charge in [0.05, 0.1) is 6.61 Å². The van der Waals surface area contributed by atoms with Crippen molar-refractivity contribution in [3.05, 3.63) is 71.7 Å². The molecule has 0 spiro atoms. The summed E-state index contributed by atoms with van der Waals surface area (Å²) in [6.07, 6.45) is 2.11. The third-order valence-corrected chi connectivity index (χ3v) is 4.87. The van der Waals surface area contributed by atoms with E-state index in [-0.39, 0.29) is 5.91 Å². The van der Waals surface area contributed by atoms with E-state index in [0.717, 1.165) is 36.6 Å². The Morgan fingerprint density at radius 3 is 2.72 bits per heavy atom. The van der Waals surface area contributed by atoms with Gasteiger partial charge in [-0.2, -0.15) is 0 Å². The van der Waals surface area contributed by atoms with Crippen LogP contribution < -0.4 is 15.0 Å². The topological polar surface area (TPSA) is 67.3 Å². The normalized spacial score (nSPS) is 13.0. The molecule has 4 rings (SSSR count). The number of carbonyl (C=O) groups excluding carboxylic acids is 1. The van der Waals surface area contributed by atoms with Gasteiger partial charge in [0, 0.05) is 24.0 Å². The zero-order chi connectivity index (χ0) is 20.2. The van der Waals surface area contributed by atoms with Crippen LogP contribution >= 0.6 is 0 Å². The number of nitrogens with one attached hydrogen (secondary N) is 1. The Morgan fingerprint density at radius 2 is 1.93 bits per heavy atom. The fourth-order valence-electron chi connectivity index (χ4n) is 3.57. The van der Waals surface area contributed by atoms with Crippen molar-refractivity contribution in [1.82, 2.24) is 9.97 Å². The van der Waals surface area contributed by atoms with Gasteiger partial charge in [-0.1, -0.05) is 18.2 Å². The van der Waals surface area contributed by atoms with Crippen molar-refractivity contribution in [3.8, 4) is 5.75 Å². The van der Waals surface area contributed by atoms with Gasteiger partial charge in [0.2, 0.25) is 0 Å². The molecule has 1 aromatic heterocycles. The first-order valence-corrected chi connectivity index (χ1v) is 9.89. The summed E-state index contributed by atoms with van der Waals surface area (Å²) in [6.45, 7) is 5.22. The second-order valence-corrected chi connectivity index (χ2v) is 6.95. The first-order chi connectivity index (χ1) is 14.1. The van der Waals surface area contributed by atoms with Crippen molar-refractivity contribution in [1.29, 1.82) is 0 Å². The zero-order valence-electron chi connectivity index (χ0n) is 16.7. The van der Waals surface area contributed by atoms with Gasteiger partial charge in [0.1, 0.15) is 23.1 Å². The number of benzene rings is 2. The number of rotatable bonds is 5. The lowest BCUT2D eigenvalue weighted by atomic mass is 10.0. The number of carbonyl (C=O) groups is 1. The number of amides is 1. The zero-order valence-corrected chi connectivity index (χ0v) is 16.7. The molecule has 148 valence electrons. The molecule has 6 heteroatoms. The van der Waals surface area contributed by atoms with Gasteiger partial charge in [-0.05, 0) is 62.6 Å². The summed E-state index contributed by atoms with van der Waals surface area (Å²) in [5.41, 5.74) is 3.49. The van der Waals surface area contributed by atoms with Crippen molar-refractivity contribution < 1.29 is 9.53 Å². The highest BCUT2D eigenvalue weighted by atomic mass is 16.5. The first-order valence-electron chi connectivity index (χ1n) is 9.89. The molecular weight excluding hydrogens is 364 g/mol. The summed E-state index contributed by atoms with van der Waals surface area (Å²) < 4.78 is 5.44. The monoisotopic (exact) mass is 388 g/mol. The molecular formula is C23H24N4O2. The second-order valence-electron chi connectivity index (χ2n) is 6.95. The fourth-order valence-corrected chi connectivity index (χ4v) is 3.57. The Kier molecular flexibility index (Phi) is 5.42. The minimum absolute atomic E-state index is 0.258. The van der Waals surface area contributed by atoms with E-state index < -0.39 is 0 Å². The molecule has 29 heavy (non-hydrogen) atoms. The number of aromatic nitrogens is 2. The molecule has 0 fully saturated rings. The van der Waals surface area contributed by atoms with Crippen molar-refractivity contribution in [3.63, 3.8) is 0 Å². The van der Waals surface area contributed by atoms with Crippen molar-refractivity contribution in [2.24, 2.45) is 0 Å². The number of ether oxygens (including phenoxy) is 1. The minimum Gasteiger partial charge on any atom is -0.494 e. The summed E-state index contributed by atoms with van der Waals surface area (Å²) in [4.78, 5) is 23.9. The third kappa shape index (κ3) is 4.21. The number of hydrogen-bond donors (Lipinski definition) is 1. The second kappa shape index (κ2) is 8.31. The molecule has 1 amide bonds. The van der Waals surface area contributed by atoms with E-state index in [9.17, 15) is 4.79 Å². The van der Waals surface area contributed by atoms with Crippen LogP contribution in [0.25, 0.3) is 0 Å². The van der Waals surface area contributed by atoms with Gasteiger partial charge in [0.15, 0.2) is 0 Å². The van der Waals surface area contributed by atoms with E-state index >= 15 is 0 Å². The molecule has 6 nitrogen and oxygen atoms in total. The van der Waals surface area contributed by atoms with Gasteiger partial charge in [0.25, 0.3) is 5.91 Å². The Morgan fingerprint density at radius 1 is 1.14 bits per heavy atom. The lowest BCUT2D eigenvalue weighted by Crippen LogP contribution is -2.26. The Hall–Kier alpha value is -3.41. The molecule has 0 atom stereocenters. The van der Waals surface area contributed by atoms with Crippen LogP contribution in [0.3, 0.4) is 0 Å². The van der Waals surface area contributed by atoms with Gasteiger partial charge in [-0.25, -0.2) is 9.97 Å². The predicted octanol–water partition coefficient (Wildman–Crippen LogP) is 4.52. The van der Waals surface area contributed by atoms with E-state index in [2.05, 4.69) is 38.4 Å². The van der Waals surface area contributed by atoms with E-state index in [4.69, 9.17) is 4.74 Å². The lowest BCUT2D eigenvalue weighted by molar-refractivity contribution is 0.102. The van der Waals surface area contributed by atoms with Gasteiger partial charge < -0.3 is 15.0 Å². The highest BCUT2D eigenvalue weighted by molar-refractivity contribution is 6.03. The highest BCUT2D eigenvalue weighted by Crippen LogP contribution is 2.32. The molecule has 0 unspecified atom stereocenters. The lowest BCUT2D eigenvalue weighted by Gasteiger charge is -2.30. The molecule has 3 aromatic rings. The highest BCUT2D eigenvalue weighted by Gasteiger charge is 2.21. The van der Waals surface area contributed by atoms with Gasteiger partial charge in [-0.15, -0.1) is 0 Å². The number of fused-ring (bicyclic) bond motifs is 1. The molecule has 0 bridgehead atoms. The number of para-hydroxylation sites is 1. The maximum atomic E-state index is 12.8. The van der Waals surface area contributed by atoms with E-state index in [1.165, 1.54) is 5.56 Å². The smallest absolute Gasteiger partial charge is 0.274 e. The number of hydrogen-bond acceptors (Lipinski definition) is 5. The molecule has 1 aliphatic heterocycles. The molecule has 0 saturated carbocycles. The number of anilines is 3. The van der Waals surface area contributed by atoms with Crippen LogP contribution in [-0.4, -0.2) is 29.0 Å². The summed E-state index contributed by atoms with van der Waals surface area (Å²) in [6, 6.07) is 17.4. The van der Waals surface area contributed by atoms with E-state index in [1.807, 2.05) is 44.2 Å². The molecule has 1 N–H and O–H groups in total. The van der Waals surface area contributed by atoms with E-state index in [0.29, 0.717) is 23.8 Å². The summed E-state index contributed by atoms with van der Waals surface area (Å²) >= 11 is 0. The molecule has 0 saturated heterocycles. The first kappa shape index (κ1) is 18.9. The molecule has 0 radical (unpaired) electrons. The summed E-state index contributed by atoms with van der Waals surface area (Å²) in [7, 11) is 0. The standard InChI is InChI=1S/C23H24N4O2/c1-3-29-19-12-10-18(11-13-19)26-23(28)20-15-22(25-16(2)24-20)27-14-6-8-17-7-4-5-9-21(17)27/h4-5,7,9-13,15H,3,6,8,14H2,1-2H3,(H,26,28). The van der Waals surface area contributed by atoms with Crippen molar-refractivity contribution in [2.75, 3.05) is 23.4 Å². The average Bonchev–Trinajstić information content (AvgIpc) is 2.74. The molecule has 0 aliphatic carbocycles. The summed E-state index contributed by atoms with van der Waals surface area (Å²) in [5.74, 6) is 1.84. The minimum atomic E-state index is -0.258. The molecule has 2 aromatic carbocycles. The fraction of sp³-hybridized carbons (Fsp3) is 0.261. The third-order valence-electron chi connectivity index (χ3n) is 4.87. The van der Waals surface area contributed by atoms with Crippen molar-refractivity contribution in [2.45, 2.75) is 26.7 Å². The van der Waals surface area contributed by atoms with Crippen LogP contribution in [0, 0.1) is 6.92 Å². The largest absolute Gasteiger partial charge is 0.494 e. The van der Waals surface area contributed by atoms with E-state index in [1.54, 1.807) is 6.07 Å². The van der Waals surface area contributed by atoms with Crippen LogP contribution in [0.2, 0.25) is 0 Å². The Balaban J connectivity index is 1.58. The van der Waals surface area contributed by atoms with Crippen molar-refractivity contribution >= 4 is 23.1 Å². The van der Waals surface area contributed by atoms with Crippen LogP contribution in [0.5, 0.6) is 5.75 Å². The van der Waals surface area contributed by atoms with Gasteiger partial charge in [-0.3, -0.25) is 4.79 Å². The quantitative estimate of drug-likeness (QED) is 0.696. The maximum absolute atomic E-state index is 12.8. The number of nitrogens with zero attached hydrogens (tertiary/aromatic N) is 3. The van der Waals surface area contributed by atoms with Crippen LogP contribution in [0.15, 0.2) is 54.6 Å². The number of aryl methyl sites for hydroxylation is 2. The van der Waals surface area contributed by atoms with Crippen LogP contribution in [0.1, 0.15) is 35.2 Å². The van der Waals surface area contributed by atoms with Crippen LogP contribution in [-0.2, 0) is 6.42 Å². The van der Waals surface area contributed by atoms with Gasteiger partial charge >= 0.3 is 0 Å². The molecule has 2 heterocycles. The predicted molar refractivity (Wildman–Crippen MR) is 114 cm³/mol. The SMILES string of the molecule is CCOc1ccc(NC(=O)c2cc(N3CCCc4ccccc43)nc(C)n2)cc1. The Labute approximate surface area is 170 Å². The Bertz CT molecular complexity index is 1020. The summed E-state index contributed by atoms with van der Waals surface area (Å²) in [5, 5.41) is 2.90. The maximum Gasteiger partial charge on any atom is 0.274 e.